The van der Waals surface area contributed by atoms with Crippen molar-refractivity contribution >= 4 is 27.6 Å². The highest BCUT2D eigenvalue weighted by Gasteiger charge is 2.43. The van der Waals surface area contributed by atoms with Gasteiger partial charge in [0, 0.05) is 36.9 Å². The molecular formula is C35H37N3O3. The molecule has 6 heteroatoms. The summed E-state index contributed by atoms with van der Waals surface area (Å²) in [5.74, 6) is -0.0892. The van der Waals surface area contributed by atoms with Gasteiger partial charge in [-0.2, -0.15) is 0 Å². The summed E-state index contributed by atoms with van der Waals surface area (Å²) in [4.78, 5) is 18.6. The Morgan fingerprint density at radius 3 is 2.41 bits per heavy atom. The van der Waals surface area contributed by atoms with E-state index in [0.717, 1.165) is 43.9 Å². The highest BCUT2D eigenvalue weighted by molar-refractivity contribution is 5.87. The lowest BCUT2D eigenvalue weighted by atomic mass is 9.70. The molecule has 2 unspecified atom stereocenters. The summed E-state index contributed by atoms with van der Waals surface area (Å²) in [7, 11) is 5.67. The van der Waals surface area contributed by atoms with Crippen LogP contribution in [0.3, 0.4) is 0 Å². The molecule has 210 valence electrons. The number of hydrogen-bond donors (Lipinski definition) is 2. The first kappa shape index (κ1) is 28.3. The first-order valence-corrected chi connectivity index (χ1v) is 13.9. The molecule has 0 aliphatic heterocycles. The summed E-state index contributed by atoms with van der Waals surface area (Å²) in [6.45, 7) is 2.61. The highest BCUT2D eigenvalue weighted by atomic mass is 16.5. The molecule has 1 amide bonds. The molecule has 2 N–H and O–H groups in total. The number of pyridine rings is 1. The molecule has 0 spiro atoms. The van der Waals surface area contributed by atoms with E-state index >= 15 is 0 Å². The first-order chi connectivity index (χ1) is 19.8. The van der Waals surface area contributed by atoms with Crippen LogP contribution in [0, 0.1) is 0 Å². The van der Waals surface area contributed by atoms with Crippen molar-refractivity contribution in [1.29, 1.82) is 0 Å². The second-order valence-electron chi connectivity index (χ2n) is 10.9. The van der Waals surface area contributed by atoms with Gasteiger partial charge in [-0.3, -0.25) is 4.79 Å². The normalized spacial score (nSPS) is 13.7. The molecule has 0 saturated heterocycles. The molecule has 0 aliphatic carbocycles. The van der Waals surface area contributed by atoms with Crippen LogP contribution in [0.1, 0.15) is 41.5 Å². The quantitative estimate of drug-likeness (QED) is 0.224. The van der Waals surface area contributed by atoms with Crippen molar-refractivity contribution in [3.63, 3.8) is 0 Å². The van der Waals surface area contributed by atoms with Crippen molar-refractivity contribution in [1.82, 2.24) is 15.2 Å². The maximum absolute atomic E-state index is 13.1. The van der Waals surface area contributed by atoms with Crippen LogP contribution in [-0.2, 0) is 16.9 Å². The number of carbonyl (C=O) groups is 1. The third kappa shape index (κ3) is 5.94. The van der Waals surface area contributed by atoms with E-state index in [4.69, 9.17) is 9.72 Å². The number of rotatable bonds is 10. The maximum atomic E-state index is 13.1. The lowest BCUT2D eigenvalue weighted by molar-refractivity contribution is -0.119. The van der Waals surface area contributed by atoms with E-state index in [1.165, 1.54) is 6.92 Å². The molecule has 5 rings (SSSR count). The fourth-order valence-corrected chi connectivity index (χ4v) is 5.72. The predicted octanol–water partition coefficient (Wildman–Crippen LogP) is 6.00. The van der Waals surface area contributed by atoms with Crippen LogP contribution in [0.4, 0.5) is 0 Å². The Morgan fingerprint density at radius 1 is 0.951 bits per heavy atom. The van der Waals surface area contributed by atoms with E-state index in [1.807, 2.05) is 74.8 Å². The minimum Gasteiger partial charge on any atom is -0.481 e. The van der Waals surface area contributed by atoms with Gasteiger partial charge in [-0.1, -0.05) is 78.9 Å². The SMILES string of the molecule is COc1nc2ccc(CNC(C)=O)cc2cc1C(c1ccccc1)C(O)(CCN(C)C)c1cccc2ccccc12. The van der Waals surface area contributed by atoms with E-state index in [-0.39, 0.29) is 5.91 Å². The van der Waals surface area contributed by atoms with E-state index in [9.17, 15) is 9.90 Å². The zero-order valence-electron chi connectivity index (χ0n) is 24.1. The predicted molar refractivity (Wildman–Crippen MR) is 165 cm³/mol. The summed E-state index contributed by atoms with van der Waals surface area (Å²) in [6, 6.07) is 32.5. The fraction of sp³-hybridized carbons (Fsp3) is 0.257. The zero-order valence-corrected chi connectivity index (χ0v) is 24.1. The standard InChI is InChI=1S/C35H37N3O3/c1-24(39)36-23-25-17-18-32-28(21-25)22-30(34(37-32)41-4)33(27-12-6-5-7-13-27)35(40,19-20-38(2)3)31-16-10-14-26-11-8-9-15-29(26)31/h5-18,21-22,33,40H,19-20,23H2,1-4H3,(H,36,39). The van der Waals surface area contributed by atoms with Gasteiger partial charge in [-0.25, -0.2) is 4.98 Å². The maximum Gasteiger partial charge on any atom is 0.217 e. The van der Waals surface area contributed by atoms with Gasteiger partial charge >= 0.3 is 0 Å². The molecule has 0 saturated carbocycles. The second kappa shape index (κ2) is 12.1. The van der Waals surface area contributed by atoms with Gasteiger partial charge in [0.25, 0.3) is 0 Å². The Morgan fingerprint density at radius 2 is 1.68 bits per heavy atom. The van der Waals surface area contributed by atoms with Gasteiger partial charge in [0.1, 0.15) is 5.60 Å². The van der Waals surface area contributed by atoms with Crippen LogP contribution in [0.15, 0.2) is 97.1 Å². The lowest BCUT2D eigenvalue weighted by Gasteiger charge is -2.39. The Kier molecular flexibility index (Phi) is 8.34. The van der Waals surface area contributed by atoms with Gasteiger partial charge in [0.05, 0.1) is 12.6 Å². The second-order valence-corrected chi connectivity index (χ2v) is 10.9. The number of nitrogens with one attached hydrogen (secondary N) is 1. The van der Waals surface area contributed by atoms with Gasteiger partial charge in [-0.05, 0) is 66.2 Å². The van der Waals surface area contributed by atoms with Gasteiger partial charge in [0.2, 0.25) is 11.8 Å². The minimum atomic E-state index is -1.30. The van der Waals surface area contributed by atoms with E-state index in [0.29, 0.717) is 25.4 Å². The Bertz CT molecular complexity index is 1660. The van der Waals surface area contributed by atoms with Crippen molar-refractivity contribution in [2.24, 2.45) is 0 Å². The lowest BCUT2D eigenvalue weighted by Crippen LogP contribution is -2.38. The fourth-order valence-electron chi connectivity index (χ4n) is 5.72. The molecule has 1 aromatic heterocycles. The van der Waals surface area contributed by atoms with Crippen LogP contribution in [0.25, 0.3) is 21.7 Å². The third-order valence-electron chi connectivity index (χ3n) is 7.72. The molecule has 41 heavy (non-hydrogen) atoms. The Hall–Kier alpha value is -4.26. The van der Waals surface area contributed by atoms with Crippen molar-refractivity contribution in [3.8, 4) is 5.88 Å². The average Bonchev–Trinajstić information content (AvgIpc) is 2.99. The monoisotopic (exact) mass is 547 g/mol. The van der Waals surface area contributed by atoms with Crippen LogP contribution in [-0.4, -0.2) is 48.6 Å². The van der Waals surface area contributed by atoms with Crippen LogP contribution < -0.4 is 10.1 Å². The molecule has 1 heterocycles. The largest absolute Gasteiger partial charge is 0.481 e. The average molecular weight is 548 g/mol. The Balaban J connectivity index is 1.78. The number of fused-ring (bicyclic) bond motifs is 2. The molecule has 5 aromatic rings. The number of methoxy groups -OCH3 is 1. The summed E-state index contributed by atoms with van der Waals surface area (Å²) >= 11 is 0. The Labute approximate surface area is 241 Å². The smallest absolute Gasteiger partial charge is 0.217 e. The van der Waals surface area contributed by atoms with Crippen molar-refractivity contribution in [3.05, 3.63) is 119 Å². The number of benzene rings is 4. The first-order valence-electron chi connectivity index (χ1n) is 13.9. The number of ether oxygens (including phenoxy) is 1. The zero-order chi connectivity index (χ0) is 29.0. The number of nitrogens with zero attached hydrogens (tertiary/aromatic N) is 2. The third-order valence-corrected chi connectivity index (χ3v) is 7.72. The molecule has 0 bridgehead atoms. The van der Waals surface area contributed by atoms with Crippen LogP contribution in [0.2, 0.25) is 0 Å². The summed E-state index contributed by atoms with van der Waals surface area (Å²) < 4.78 is 5.92. The van der Waals surface area contributed by atoms with Crippen LogP contribution in [0.5, 0.6) is 5.88 Å². The topological polar surface area (TPSA) is 74.7 Å². The van der Waals surface area contributed by atoms with Gasteiger partial charge in [-0.15, -0.1) is 0 Å². The van der Waals surface area contributed by atoms with Crippen LogP contribution >= 0.6 is 0 Å². The summed E-state index contributed by atoms with van der Waals surface area (Å²) in [5.41, 5.74) is 3.09. The molecule has 4 aromatic carbocycles. The summed E-state index contributed by atoms with van der Waals surface area (Å²) in [6.07, 6.45) is 0.483. The van der Waals surface area contributed by atoms with E-state index in [2.05, 4.69) is 46.6 Å². The molecule has 2 atom stereocenters. The highest BCUT2D eigenvalue weighted by Crippen LogP contribution is 2.48. The molecule has 0 fully saturated rings. The molecule has 0 aliphatic rings. The summed E-state index contributed by atoms with van der Waals surface area (Å²) in [5, 5.41) is 19.0. The van der Waals surface area contributed by atoms with Gasteiger partial charge in [0.15, 0.2) is 0 Å². The molecule has 6 nitrogen and oxygen atoms in total. The van der Waals surface area contributed by atoms with Gasteiger partial charge < -0.3 is 20.1 Å². The van der Waals surface area contributed by atoms with E-state index in [1.54, 1.807) is 7.11 Å². The number of aromatic nitrogens is 1. The van der Waals surface area contributed by atoms with E-state index < -0.39 is 11.5 Å². The number of carbonyl (C=O) groups excluding carboxylic acids is 1. The number of aliphatic hydroxyl groups is 1. The van der Waals surface area contributed by atoms with Crippen molar-refractivity contribution < 1.29 is 14.6 Å². The number of amides is 1. The number of hydrogen-bond acceptors (Lipinski definition) is 5. The molecule has 0 radical (unpaired) electrons. The van der Waals surface area contributed by atoms with Crippen molar-refractivity contribution in [2.75, 3.05) is 27.7 Å². The van der Waals surface area contributed by atoms with Crippen molar-refractivity contribution in [2.45, 2.75) is 31.4 Å². The molecular weight excluding hydrogens is 510 g/mol. The minimum absolute atomic E-state index is 0.0798.